The molecule has 106 valence electrons. The highest BCUT2D eigenvalue weighted by Crippen LogP contribution is 2.35. The van der Waals surface area contributed by atoms with Gasteiger partial charge < -0.3 is 0 Å². The molecule has 1 aromatic heterocycles. The van der Waals surface area contributed by atoms with E-state index in [-0.39, 0.29) is 5.56 Å². The van der Waals surface area contributed by atoms with E-state index in [0.717, 1.165) is 29.7 Å². The molecule has 3 nitrogen and oxygen atoms in total. The highest BCUT2D eigenvalue weighted by molar-refractivity contribution is 7.97. The first-order chi connectivity index (χ1) is 10.3. The van der Waals surface area contributed by atoms with Gasteiger partial charge in [0.1, 0.15) is 0 Å². The lowest BCUT2D eigenvalue weighted by molar-refractivity contribution is 0.452. The second-order valence-electron chi connectivity index (χ2n) is 5.06. The summed E-state index contributed by atoms with van der Waals surface area (Å²) in [5.74, 6) is 0. The van der Waals surface area contributed by atoms with Gasteiger partial charge in [0.2, 0.25) is 0 Å². The van der Waals surface area contributed by atoms with E-state index in [2.05, 4.69) is 28.6 Å². The number of hydrogen-bond donors (Lipinski definition) is 0. The largest absolute Gasteiger partial charge is 0.268 e. The summed E-state index contributed by atoms with van der Waals surface area (Å²) in [7, 11) is 0. The fraction of sp³-hybridized carbons (Fsp3) is 0.188. The fourth-order valence-electron chi connectivity index (χ4n) is 2.58. The SMILES string of the molecule is O=c1c2ccccc2sn1CCN1Cc2ccccc2S1. The summed E-state index contributed by atoms with van der Waals surface area (Å²) in [5, 5.41) is 0.833. The molecule has 0 saturated carbocycles. The van der Waals surface area contributed by atoms with Crippen molar-refractivity contribution in [2.75, 3.05) is 6.54 Å². The fourth-order valence-corrected chi connectivity index (χ4v) is 4.61. The van der Waals surface area contributed by atoms with Crippen LogP contribution in [0.4, 0.5) is 0 Å². The van der Waals surface area contributed by atoms with E-state index in [1.165, 1.54) is 10.5 Å². The molecule has 5 heteroatoms. The smallest absolute Gasteiger partial charge is 0.268 e. The number of rotatable bonds is 3. The van der Waals surface area contributed by atoms with Crippen molar-refractivity contribution in [1.82, 2.24) is 8.26 Å². The number of nitrogens with zero attached hydrogens (tertiary/aromatic N) is 2. The van der Waals surface area contributed by atoms with Gasteiger partial charge in [0.15, 0.2) is 0 Å². The van der Waals surface area contributed by atoms with Crippen LogP contribution in [0.2, 0.25) is 0 Å². The van der Waals surface area contributed by atoms with E-state index in [1.54, 1.807) is 23.5 Å². The molecule has 1 aliphatic heterocycles. The third-order valence-corrected chi connectivity index (χ3v) is 5.94. The number of aromatic nitrogens is 1. The van der Waals surface area contributed by atoms with Crippen molar-refractivity contribution < 1.29 is 0 Å². The standard InChI is InChI=1S/C16H14N2OS2/c19-16-13-6-2-4-8-15(13)21-18(16)10-9-17-11-12-5-1-3-7-14(12)20-17/h1-8H,9-11H2. The second-order valence-corrected chi connectivity index (χ2v) is 7.26. The Hall–Kier alpha value is -1.56. The molecular formula is C16H14N2OS2. The van der Waals surface area contributed by atoms with Crippen LogP contribution in [0.15, 0.2) is 58.2 Å². The molecule has 0 fully saturated rings. The van der Waals surface area contributed by atoms with Crippen LogP contribution in [0.3, 0.4) is 0 Å². The Labute approximate surface area is 131 Å². The monoisotopic (exact) mass is 314 g/mol. The van der Waals surface area contributed by atoms with Crippen LogP contribution in [0.25, 0.3) is 10.1 Å². The zero-order valence-corrected chi connectivity index (χ0v) is 13.0. The van der Waals surface area contributed by atoms with Gasteiger partial charge in [0.05, 0.1) is 16.6 Å². The third kappa shape index (κ3) is 2.41. The molecular weight excluding hydrogens is 300 g/mol. The Balaban J connectivity index is 1.50. The molecule has 0 saturated heterocycles. The highest BCUT2D eigenvalue weighted by Gasteiger charge is 2.19. The Morgan fingerprint density at radius 3 is 2.67 bits per heavy atom. The molecule has 0 bridgehead atoms. The molecule has 0 aliphatic carbocycles. The first kappa shape index (κ1) is 13.1. The summed E-state index contributed by atoms with van der Waals surface area (Å²) in [5.41, 5.74) is 1.52. The van der Waals surface area contributed by atoms with Crippen LogP contribution in [0, 0.1) is 0 Å². The van der Waals surface area contributed by atoms with Crippen LogP contribution in [0.5, 0.6) is 0 Å². The Bertz CT molecular complexity index is 828. The minimum absolute atomic E-state index is 0.136. The summed E-state index contributed by atoms with van der Waals surface area (Å²) < 4.78 is 5.26. The Morgan fingerprint density at radius 1 is 1.00 bits per heavy atom. The van der Waals surface area contributed by atoms with Gasteiger partial charge in [-0.05, 0) is 35.7 Å². The quantitative estimate of drug-likeness (QED) is 0.691. The summed E-state index contributed by atoms with van der Waals surface area (Å²) in [6.45, 7) is 2.59. The van der Waals surface area contributed by atoms with Crippen LogP contribution in [-0.2, 0) is 13.1 Å². The first-order valence-corrected chi connectivity index (χ1v) is 8.45. The second kappa shape index (κ2) is 5.33. The van der Waals surface area contributed by atoms with E-state index in [9.17, 15) is 4.79 Å². The van der Waals surface area contributed by atoms with Crippen molar-refractivity contribution in [3.63, 3.8) is 0 Å². The van der Waals surface area contributed by atoms with Gasteiger partial charge in [-0.3, -0.25) is 8.75 Å². The van der Waals surface area contributed by atoms with Crippen molar-refractivity contribution in [3.8, 4) is 0 Å². The lowest BCUT2D eigenvalue weighted by Crippen LogP contribution is -2.21. The predicted octanol–water partition coefficient (Wildman–Crippen LogP) is 3.59. The lowest BCUT2D eigenvalue weighted by Gasteiger charge is -2.12. The maximum Gasteiger partial charge on any atom is 0.268 e. The molecule has 2 heterocycles. The summed E-state index contributed by atoms with van der Waals surface area (Å²) in [6, 6.07) is 16.3. The maximum absolute atomic E-state index is 12.3. The topological polar surface area (TPSA) is 25.2 Å². The summed E-state index contributed by atoms with van der Waals surface area (Å²) >= 11 is 3.35. The lowest BCUT2D eigenvalue weighted by atomic mass is 10.2. The van der Waals surface area contributed by atoms with Gasteiger partial charge in [-0.2, -0.15) is 0 Å². The van der Waals surface area contributed by atoms with Gasteiger partial charge in [0, 0.05) is 18.0 Å². The molecule has 21 heavy (non-hydrogen) atoms. The van der Waals surface area contributed by atoms with Crippen LogP contribution in [-0.4, -0.2) is 14.8 Å². The molecule has 4 rings (SSSR count). The average Bonchev–Trinajstić information content (AvgIpc) is 3.07. The van der Waals surface area contributed by atoms with Crippen molar-refractivity contribution in [3.05, 3.63) is 64.4 Å². The zero-order valence-electron chi connectivity index (χ0n) is 11.4. The van der Waals surface area contributed by atoms with Gasteiger partial charge >= 0.3 is 0 Å². The Morgan fingerprint density at radius 2 is 1.81 bits per heavy atom. The van der Waals surface area contributed by atoms with Gasteiger partial charge in [-0.1, -0.05) is 41.9 Å². The summed E-state index contributed by atoms with van der Waals surface area (Å²) in [6.07, 6.45) is 0. The zero-order chi connectivity index (χ0) is 14.2. The van der Waals surface area contributed by atoms with Crippen molar-refractivity contribution in [1.29, 1.82) is 0 Å². The molecule has 0 spiro atoms. The van der Waals surface area contributed by atoms with Crippen LogP contribution in [0.1, 0.15) is 5.56 Å². The minimum Gasteiger partial charge on any atom is -0.268 e. The van der Waals surface area contributed by atoms with E-state index in [4.69, 9.17) is 0 Å². The van der Waals surface area contributed by atoms with Crippen molar-refractivity contribution in [2.45, 2.75) is 18.0 Å². The van der Waals surface area contributed by atoms with Crippen molar-refractivity contribution in [2.24, 2.45) is 0 Å². The molecule has 2 aromatic carbocycles. The molecule has 0 amide bonds. The number of hydrogen-bond acceptors (Lipinski definition) is 4. The van der Waals surface area contributed by atoms with Crippen molar-refractivity contribution >= 4 is 33.6 Å². The van der Waals surface area contributed by atoms with Crippen LogP contribution >= 0.6 is 23.5 Å². The molecule has 0 atom stereocenters. The van der Waals surface area contributed by atoms with E-state index < -0.39 is 0 Å². The molecule has 3 aromatic rings. The maximum atomic E-state index is 12.3. The molecule has 0 N–H and O–H groups in total. The predicted molar refractivity (Wildman–Crippen MR) is 88.8 cm³/mol. The third-order valence-electron chi connectivity index (χ3n) is 3.65. The average molecular weight is 314 g/mol. The summed E-state index contributed by atoms with van der Waals surface area (Å²) in [4.78, 5) is 13.6. The Kier molecular flexibility index (Phi) is 3.33. The van der Waals surface area contributed by atoms with Gasteiger partial charge in [-0.25, -0.2) is 4.31 Å². The first-order valence-electron chi connectivity index (χ1n) is 6.91. The highest BCUT2D eigenvalue weighted by atomic mass is 32.2. The molecule has 1 aliphatic rings. The van der Waals surface area contributed by atoms with E-state index >= 15 is 0 Å². The molecule has 0 unspecified atom stereocenters. The van der Waals surface area contributed by atoms with Gasteiger partial charge in [-0.15, -0.1) is 0 Å². The van der Waals surface area contributed by atoms with E-state index in [1.807, 2.05) is 28.2 Å². The van der Waals surface area contributed by atoms with Crippen LogP contribution < -0.4 is 5.56 Å². The van der Waals surface area contributed by atoms with E-state index in [0.29, 0.717) is 0 Å². The number of fused-ring (bicyclic) bond motifs is 2. The minimum atomic E-state index is 0.136. The normalized spacial score (nSPS) is 14.7. The number of benzene rings is 2. The molecule has 0 radical (unpaired) electrons. The van der Waals surface area contributed by atoms with Gasteiger partial charge in [0.25, 0.3) is 5.56 Å².